The zero-order valence-corrected chi connectivity index (χ0v) is 17.1. The van der Waals surface area contributed by atoms with Gasteiger partial charge in [-0.05, 0) is 32.0 Å². The first kappa shape index (κ1) is 20.1. The number of aromatic nitrogens is 1. The fourth-order valence-corrected chi connectivity index (χ4v) is 3.33. The molecule has 1 aromatic heterocycles. The smallest absolute Gasteiger partial charge is 0.191 e. The maximum Gasteiger partial charge on any atom is 0.191 e. The van der Waals surface area contributed by atoms with Gasteiger partial charge in [0, 0.05) is 51.0 Å². The first-order chi connectivity index (χ1) is 13.8. The van der Waals surface area contributed by atoms with Crippen molar-refractivity contribution in [2.75, 3.05) is 51.2 Å². The van der Waals surface area contributed by atoms with Gasteiger partial charge < -0.3 is 20.4 Å². The molecule has 6 nitrogen and oxygen atoms in total. The Labute approximate surface area is 168 Å². The van der Waals surface area contributed by atoms with Crippen molar-refractivity contribution in [3.63, 3.8) is 0 Å². The van der Waals surface area contributed by atoms with Crippen LogP contribution < -0.4 is 15.5 Å². The molecule has 1 aliphatic rings. The highest BCUT2D eigenvalue weighted by molar-refractivity contribution is 5.79. The quantitative estimate of drug-likeness (QED) is 0.569. The molecule has 0 unspecified atom stereocenters. The van der Waals surface area contributed by atoms with Crippen LogP contribution in [0.1, 0.15) is 18.1 Å². The second-order valence-corrected chi connectivity index (χ2v) is 7.13. The topological polar surface area (TPSA) is 55.8 Å². The van der Waals surface area contributed by atoms with Crippen LogP contribution >= 0.6 is 0 Å². The van der Waals surface area contributed by atoms with E-state index in [0.717, 1.165) is 57.5 Å². The van der Waals surface area contributed by atoms with Crippen molar-refractivity contribution in [1.29, 1.82) is 0 Å². The van der Waals surface area contributed by atoms with Gasteiger partial charge in [-0.25, -0.2) is 9.98 Å². The molecule has 0 atom stereocenters. The summed E-state index contributed by atoms with van der Waals surface area (Å²) in [6.07, 6.45) is 2.86. The van der Waals surface area contributed by atoms with Gasteiger partial charge in [0.25, 0.3) is 0 Å². The number of aliphatic imine (C=N–C) groups is 1. The molecule has 1 aromatic carbocycles. The molecule has 150 valence electrons. The van der Waals surface area contributed by atoms with Crippen LogP contribution in [0, 0.1) is 0 Å². The minimum Gasteiger partial charge on any atom is -0.357 e. The molecule has 0 spiro atoms. The summed E-state index contributed by atoms with van der Waals surface area (Å²) in [6.45, 7) is 8.58. The number of anilines is 1. The van der Waals surface area contributed by atoms with E-state index in [1.54, 1.807) is 0 Å². The number of nitrogens with zero attached hydrogens (tertiary/aromatic N) is 4. The van der Waals surface area contributed by atoms with E-state index in [1.165, 1.54) is 11.1 Å². The van der Waals surface area contributed by atoms with Crippen LogP contribution in [0.4, 0.5) is 5.82 Å². The molecule has 1 fully saturated rings. The monoisotopic (exact) mass is 380 g/mol. The Kier molecular flexibility index (Phi) is 7.67. The average molecular weight is 381 g/mol. The molecule has 28 heavy (non-hydrogen) atoms. The summed E-state index contributed by atoms with van der Waals surface area (Å²) in [5.41, 5.74) is 2.50. The van der Waals surface area contributed by atoms with E-state index in [4.69, 9.17) is 4.99 Å². The van der Waals surface area contributed by atoms with E-state index in [0.29, 0.717) is 6.54 Å². The van der Waals surface area contributed by atoms with Crippen LogP contribution in [0.15, 0.2) is 53.7 Å². The molecule has 2 aromatic rings. The van der Waals surface area contributed by atoms with Crippen LogP contribution in [0.25, 0.3) is 0 Å². The molecule has 6 heteroatoms. The van der Waals surface area contributed by atoms with E-state index >= 15 is 0 Å². The number of hydrogen-bond donors (Lipinski definition) is 2. The summed E-state index contributed by atoms with van der Waals surface area (Å²) in [7, 11) is 2.17. The largest absolute Gasteiger partial charge is 0.357 e. The summed E-state index contributed by atoms with van der Waals surface area (Å²) < 4.78 is 0. The zero-order chi connectivity index (χ0) is 19.6. The van der Waals surface area contributed by atoms with Gasteiger partial charge in [-0.1, -0.05) is 36.4 Å². The number of piperazine rings is 1. The van der Waals surface area contributed by atoms with Crippen molar-refractivity contribution < 1.29 is 0 Å². The summed E-state index contributed by atoms with van der Waals surface area (Å²) in [5, 5.41) is 6.78. The van der Waals surface area contributed by atoms with E-state index < -0.39 is 0 Å². The van der Waals surface area contributed by atoms with Crippen LogP contribution in [0.2, 0.25) is 0 Å². The lowest BCUT2D eigenvalue weighted by atomic mass is 10.1. The van der Waals surface area contributed by atoms with Crippen LogP contribution in [-0.4, -0.2) is 62.2 Å². The number of hydrogen-bond acceptors (Lipinski definition) is 4. The van der Waals surface area contributed by atoms with Crippen molar-refractivity contribution in [2.45, 2.75) is 19.9 Å². The van der Waals surface area contributed by atoms with Crippen molar-refractivity contribution in [3.8, 4) is 0 Å². The Morgan fingerprint density at radius 1 is 1.04 bits per heavy atom. The third kappa shape index (κ3) is 5.96. The van der Waals surface area contributed by atoms with Gasteiger partial charge in [0.15, 0.2) is 5.96 Å². The van der Waals surface area contributed by atoms with E-state index in [-0.39, 0.29) is 0 Å². The maximum atomic E-state index is 4.80. The molecule has 2 heterocycles. The predicted molar refractivity (Wildman–Crippen MR) is 117 cm³/mol. The Morgan fingerprint density at radius 2 is 1.82 bits per heavy atom. The number of pyridine rings is 1. The van der Waals surface area contributed by atoms with Crippen LogP contribution in [-0.2, 0) is 13.0 Å². The third-order valence-corrected chi connectivity index (χ3v) is 4.97. The molecule has 2 N–H and O–H groups in total. The first-order valence-electron chi connectivity index (χ1n) is 10.2. The fraction of sp³-hybridized carbons (Fsp3) is 0.455. The summed E-state index contributed by atoms with van der Waals surface area (Å²) in [5.74, 6) is 1.92. The molecule has 0 amide bonds. The zero-order valence-electron chi connectivity index (χ0n) is 17.1. The van der Waals surface area contributed by atoms with Crippen molar-refractivity contribution in [1.82, 2.24) is 20.5 Å². The fourth-order valence-electron chi connectivity index (χ4n) is 3.33. The van der Waals surface area contributed by atoms with Crippen molar-refractivity contribution in [3.05, 3.63) is 59.8 Å². The Morgan fingerprint density at radius 3 is 2.57 bits per heavy atom. The SMILES string of the molecule is CCNC(=NCc1cccnc1N1CCN(C)CC1)NCCc1ccccc1. The first-order valence-corrected chi connectivity index (χ1v) is 10.2. The predicted octanol–water partition coefficient (Wildman–Crippen LogP) is 2.13. The average Bonchev–Trinajstić information content (AvgIpc) is 2.74. The Balaban J connectivity index is 1.61. The van der Waals surface area contributed by atoms with E-state index in [1.807, 2.05) is 18.3 Å². The standard InChI is InChI=1S/C22H32N6/c1-3-23-22(25-13-11-19-8-5-4-6-9-19)26-18-20-10-7-12-24-21(20)28-16-14-27(2)15-17-28/h4-10,12H,3,11,13-18H2,1-2H3,(H2,23,25,26). The number of likely N-dealkylation sites (N-methyl/N-ethyl adjacent to an activating group) is 1. The second-order valence-electron chi connectivity index (χ2n) is 7.13. The van der Waals surface area contributed by atoms with Gasteiger partial charge in [0.2, 0.25) is 0 Å². The summed E-state index contributed by atoms with van der Waals surface area (Å²) >= 11 is 0. The summed E-state index contributed by atoms with van der Waals surface area (Å²) in [4.78, 5) is 14.2. The van der Waals surface area contributed by atoms with Gasteiger partial charge in [-0.15, -0.1) is 0 Å². The van der Waals surface area contributed by atoms with E-state index in [9.17, 15) is 0 Å². The van der Waals surface area contributed by atoms with Crippen molar-refractivity contribution in [2.24, 2.45) is 4.99 Å². The van der Waals surface area contributed by atoms with Gasteiger partial charge in [0.05, 0.1) is 6.54 Å². The van der Waals surface area contributed by atoms with Gasteiger partial charge in [-0.3, -0.25) is 0 Å². The molecular weight excluding hydrogens is 348 g/mol. The highest BCUT2D eigenvalue weighted by atomic mass is 15.3. The molecule has 0 radical (unpaired) electrons. The molecule has 0 saturated carbocycles. The summed E-state index contributed by atoms with van der Waals surface area (Å²) in [6, 6.07) is 14.7. The minimum atomic E-state index is 0.621. The van der Waals surface area contributed by atoms with Crippen LogP contribution in [0.5, 0.6) is 0 Å². The normalized spacial score (nSPS) is 15.5. The number of nitrogens with one attached hydrogen (secondary N) is 2. The van der Waals surface area contributed by atoms with Crippen molar-refractivity contribution >= 4 is 11.8 Å². The maximum absolute atomic E-state index is 4.80. The van der Waals surface area contributed by atoms with Gasteiger partial charge in [-0.2, -0.15) is 0 Å². The lowest BCUT2D eigenvalue weighted by Gasteiger charge is -2.34. The third-order valence-electron chi connectivity index (χ3n) is 4.97. The van der Waals surface area contributed by atoms with Gasteiger partial charge >= 0.3 is 0 Å². The molecule has 3 rings (SSSR count). The van der Waals surface area contributed by atoms with Gasteiger partial charge in [0.1, 0.15) is 5.82 Å². The number of benzene rings is 1. The highest BCUT2D eigenvalue weighted by Crippen LogP contribution is 2.19. The highest BCUT2D eigenvalue weighted by Gasteiger charge is 2.17. The van der Waals surface area contributed by atoms with Crippen LogP contribution in [0.3, 0.4) is 0 Å². The molecular formula is C22H32N6. The number of guanidine groups is 1. The molecule has 0 aliphatic carbocycles. The molecule has 0 bridgehead atoms. The Bertz CT molecular complexity index is 738. The molecule has 1 aliphatic heterocycles. The number of rotatable bonds is 7. The second kappa shape index (κ2) is 10.7. The Hall–Kier alpha value is -2.60. The molecule has 1 saturated heterocycles. The lowest BCUT2D eigenvalue weighted by Crippen LogP contribution is -2.45. The lowest BCUT2D eigenvalue weighted by molar-refractivity contribution is 0.312. The minimum absolute atomic E-state index is 0.621. The van der Waals surface area contributed by atoms with E-state index in [2.05, 4.69) is 69.7 Å².